The number of hydrogen-bond acceptors (Lipinski definition) is 5. The van der Waals surface area contributed by atoms with Crippen LogP contribution in [-0.4, -0.2) is 15.8 Å². The number of nitro benzene ring substituents is 1. The predicted molar refractivity (Wildman–Crippen MR) is 92.6 cm³/mol. The highest BCUT2D eigenvalue weighted by atomic mass is 35.5. The molecule has 3 rings (SSSR count). The lowest BCUT2D eigenvalue weighted by Gasteiger charge is -2.28. The lowest BCUT2D eigenvalue weighted by atomic mass is 9.97. The molecule has 0 radical (unpaired) electrons. The number of nitrogens with one attached hydrogen (secondary N) is 1. The van der Waals surface area contributed by atoms with E-state index in [0.29, 0.717) is 0 Å². The number of rotatable bonds is 4. The molecule has 1 aliphatic carbocycles. The van der Waals surface area contributed by atoms with Crippen LogP contribution in [0.3, 0.4) is 0 Å². The average molecular weight is 366 g/mol. The van der Waals surface area contributed by atoms with Crippen molar-refractivity contribution in [3.05, 3.63) is 55.0 Å². The van der Waals surface area contributed by atoms with Crippen LogP contribution >= 0.6 is 22.9 Å². The molecule has 126 valence electrons. The summed E-state index contributed by atoms with van der Waals surface area (Å²) in [5.74, 6) is -0.343. The van der Waals surface area contributed by atoms with Crippen LogP contribution in [-0.2, 0) is 5.54 Å². The molecule has 1 saturated carbocycles. The fourth-order valence-electron chi connectivity index (χ4n) is 3.03. The number of amides is 1. The summed E-state index contributed by atoms with van der Waals surface area (Å²) in [5, 5.41) is 17.0. The number of aryl methyl sites for hydroxylation is 1. The van der Waals surface area contributed by atoms with E-state index in [1.165, 1.54) is 29.5 Å². The van der Waals surface area contributed by atoms with E-state index in [2.05, 4.69) is 10.3 Å². The normalized spacial score (nSPS) is 16.1. The number of hydrogen-bond donors (Lipinski definition) is 1. The first kappa shape index (κ1) is 16.9. The van der Waals surface area contributed by atoms with Crippen molar-refractivity contribution in [2.45, 2.75) is 38.1 Å². The zero-order valence-corrected chi connectivity index (χ0v) is 14.6. The molecule has 0 saturated heterocycles. The molecule has 0 unspecified atom stereocenters. The minimum absolute atomic E-state index is 0.0164. The zero-order valence-electron chi connectivity index (χ0n) is 13.0. The molecular weight excluding hydrogens is 350 g/mol. The number of carbonyl (C=O) groups is 1. The van der Waals surface area contributed by atoms with Gasteiger partial charge in [0.05, 0.1) is 10.5 Å². The highest BCUT2D eigenvalue weighted by molar-refractivity contribution is 7.09. The smallest absolute Gasteiger partial charge is 0.288 e. The Balaban J connectivity index is 1.90. The maximum Gasteiger partial charge on any atom is 0.288 e. The van der Waals surface area contributed by atoms with E-state index in [1.807, 2.05) is 12.3 Å². The van der Waals surface area contributed by atoms with Gasteiger partial charge >= 0.3 is 0 Å². The van der Waals surface area contributed by atoms with Crippen molar-refractivity contribution in [3.8, 4) is 0 Å². The van der Waals surface area contributed by atoms with Gasteiger partial charge < -0.3 is 5.32 Å². The van der Waals surface area contributed by atoms with Crippen LogP contribution in [0.15, 0.2) is 23.6 Å². The van der Waals surface area contributed by atoms with E-state index in [0.717, 1.165) is 36.4 Å². The van der Waals surface area contributed by atoms with Crippen LogP contribution in [0, 0.1) is 17.0 Å². The minimum atomic E-state index is -0.589. The molecule has 0 aliphatic heterocycles. The maximum atomic E-state index is 12.7. The van der Waals surface area contributed by atoms with Crippen molar-refractivity contribution in [2.75, 3.05) is 0 Å². The molecule has 1 amide bonds. The summed E-state index contributed by atoms with van der Waals surface area (Å²) < 4.78 is 0. The number of halogens is 1. The number of benzene rings is 1. The largest absolute Gasteiger partial charge is 0.340 e. The number of nitro groups is 1. The molecule has 1 N–H and O–H groups in total. The summed E-state index contributed by atoms with van der Waals surface area (Å²) >= 11 is 7.35. The van der Waals surface area contributed by atoms with Crippen molar-refractivity contribution in [3.63, 3.8) is 0 Å². The van der Waals surface area contributed by atoms with Gasteiger partial charge in [-0.15, -0.1) is 11.3 Å². The summed E-state index contributed by atoms with van der Waals surface area (Å²) in [6.07, 6.45) is 3.67. The Bertz CT molecular complexity index is 800. The van der Waals surface area contributed by atoms with Crippen molar-refractivity contribution in [1.29, 1.82) is 0 Å². The van der Waals surface area contributed by atoms with Crippen LogP contribution in [0.5, 0.6) is 0 Å². The fourth-order valence-corrected chi connectivity index (χ4v) is 4.23. The maximum absolute atomic E-state index is 12.7. The third-order valence-electron chi connectivity index (χ3n) is 4.24. The van der Waals surface area contributed by atoms with Gasteiger partial charge in [0.2, 0.25) is 0 Å². The predicted octanol–water partition coefficient (Wildman–Crippen LogP) is 4.21. The second-order valence-electron chi connectivity index (χ2n) is 5.96. The Morgan fingerprint density at radius 2 is 2.12 bits per heavy atom. The van der Waals surface area contributed by atoms with Gasteiger partial charge in [0, 0.05) is 22.7 Å². The molecule has 24 heavy (non-hydrogen) atoms. The SMILES string of the molecule is Cc1csc(C2(NC(=O)c3ccc(Cl)c([N+](=O)[O-])c3)CCCC2)n1. The summed E-state index contributed by atoms with van der Waals surface area (Å²) in [7, 11) is 0. The molecular formula is C16H16ClN3O3S. The second kappa shape index (κ2) is 6.49. The van der Waals surface area contributed by atoms with Crippen molar-refractivity contribution >= 4 is 34.5 Å². The van der Waals surface area contributed by atoms with Gasteiger partial charge in [0.25, 0.3) is 11.6 Å². The molecule has 8 heteroatoms. The summed E-state index contributed by atoms with van der Waals surface area (Å²) in [6, 6.07) is 4.09. The molecule has 1 heterocycles. The topological polar surface area (TPSA) is 85.1 Å². The Morgan fingerprint density at radius 3 is 2.71 bits per heavy atom. The number of thiazole rings is 1. The molecule has 0 bridgehead atoms. The first-order valence-corrected chi connectivity index (χ1v) is 8.86. The number of aromatic nitrogens is 1. The van der Waals surface area contributed by atoms with E-state index in [-0.39, 0.29) is 22.2 Å². The van der Waals surface area contributed by atoms with Crippen LogP contribution in [0.2, 0.25) is 5.02 Å². The van der Waals surface area contributed by atoms with Crippen molar-refractivity contribution in [1.82, 2.24) is 10.3 Å². The van der Waals surface area contributed by atoms with Gasteiger partial charge in [0.1, 0.15) is 10.0 Å². The molecule has 1 aromatic heterocycles. The lowest BCUT2D eigenvalue weighted by Crippen LogP contribution is -2.43. The Hall–Kier alpha value is -1.99. The standard InChI is InChI=1S/C16H16ClN3O3S/c1-10-9-24-15(18-10)16(6-2-3-7-16)19-14(21)11-4-5-12(17)13(8-11)20(22)23/h4-5,8-9H,2-3,6-7H2,1H3,(H,19,21). The Labute approximate surface area is 148 Å². The van der Waals surface area contributed by atoms with E-state index < -0.39 is 10.5 Å². The first-order chi connectivity index (χ1) is 11.4. The summed E-state index contributed by atoms with van der Waals surface area (Å²) in [6.45, 7) is 1.92. The third kappa shape index (κ3) is 3.14. The van der Waals surface area contributed by atoms with E-state index >= 15 is 0 Å². The summed E-state index contributed by atoms with van der Waals surface area (Å²) in [5.41, 5.74) is 0.405. The molecule has 1 aliphatic rings. The van der Waals surface area contributed by atoms with E-state index in [1.54, 1.807) is 0 Å². The van der Waals surface area contributed by atoms with Crippen LogP contribution < -0.4 is 5.32 Å². The number of carbonyl (C=O) groups excluding carboxylic acids is 1. The Kier molecular flexibility index (Phi) is 4.56. The molecule has 1 aromatic carbocycles. The molecule has 2 aromatic rings. The van der Waals surface area contributed by atoms with Crippen LogP contribution in [0.25, 0.3) is 0 Å². The first-order valence-electron chi connectivity index (χ1n) is 7.60. The third-order valence-corrected chi connectivity index (χ3v) is 5.73. The molecule has 6 nitrogen and oxygen atoms in total. The molecule has 0 spiro atoms. The molecule has 1 fully saturated rings. The zero-order chi connectivity index (χ0) is 17.3. The van der Waals surface area contributed by atoms with Crippen LogP contribution in [0.1, 0.15) is 46.7 Å². The van der Waals surface area contributed by atoms with E-state index in [9.17, 15) is 14.9 Å². The second-order valence-corrected chi connectivity index (χ2v) is 7.23. The van der Waals surface area contributed by atoms with E-state index in [4.69, 9.17) is 11.6 Å². The van der Waals surface area contributed by atoms with Gasteiger partial charge in [-0.2, -0.15) is 0 Å². The fraction of sp³-hybridized carbons (Fsp3) is 0.375. The van der Waals surface area contributed by atoms with Gasteiger partial charge in [-0.25, -0.2) is 4.98 Å². The minimum Gasteiger partial charge on any atom is -0.340 e. The van der Waals surface area contributed by atoms with Crippen molar-refractivity contribution < 1.29 is 9.72 Å². The molecule has 0 atom stereocenters. The highest BCUT2D eigenvalue weighted by Crippen LogP contribution is 2.40. The number of nitrogens with zero attached hydrogens (tertiary/aromatic N) is 2. The van der Waals surface area contributed by atoms with Crippen molar-refractivity contribution in [2.24, 2.45) is 0 Å². The van der Waals surface area contributed by atoms with Gasteiger partial charge in [-0.05, 0) is 31.9 Å². The quantitative estimate of drug-likeness (QED) is 0.649. The lowest BCUT2D eigenvalue weighted by molar-refractivity contribution is -0.384. The van der Waals surface area contributed by atoms with Gasteiger partial charge in [-0.3, -0.25) is 14.9 Å². The van der Waals surface area contributed by atoms with Crippen LogP contribution in [0.4, 0.5) is 5.69 Å². The Morgan fingerprint density at radius 1 is 1.42 bits per heavy atom. The average Bonchev–Trinajstić information content (AvgIpc) is 3.17. The summed E-state index contributed by atoms with van der Waals surface area (Å²) in [4.78, 5) is 27.6. The monoisotopic (exact) mass is 365 g/mol. The highest BCUT2D eigenvalue weighted by Gasteiger charge is 2.40. The van der Waals surface area contributed by atoms with Gasteiger partial charge in [-0.1, -0.05) is 24.4 Å². The van der Waals surface area contributed by atoms with Gasteiger partial charge in [0.15, 0.2) is 0 Å².